The third kappa shape index (κ3) is 4.43. The van der Waals surface area contributed by atoms with E-state index in [0.29, 0.717) is 31.3 Å². The van der Waals surface area contributed by atoms with Gasteiger partial charge >= 0.3 is 5.97 Å². The summed E-state index contributed by atoms with van der Waals surface area (Å²) in [5.41, 5.74) is 2.23. The summed E-state index contributed by atoms with van der Waals surface area (Å²) in [5.74, 6) is -0.164. The highest BCUT2D eigenvalue weighted by molar-refractivity contribution is 6.30. The predicted molar refractivity (Wildman–Crippen MR) is 82.6 cm³/mol. The summed E-state index contributed by atoms with van der Waals surface area (Å²) in [6.45, 7) is 7.32. The molecule has 1 aromatic carbocycles. The summed E-state index contributed by atoms with van der Waals surface area (Å²) in [6.07, 6.45) is 0.357. The van der Waals surface area contributed by atoms with Crippen molar-refractivity contribution in [1.82, 2.24) is 4.90 Å². The number of nitrogens with zero attached hydrogens (tertiary/aromatic N) is 1. The fourth-order valence-electron chi connectivity index (χ4n) is 2.72. The quantitative estimate of drug-likeness (QED) is 0.784. The highest BCUT2D eigenvalue weighted by Gasteiger charge is 2.26. The third-order valence-electron chi connectivity index (χ3n) is 3.74. The molecule has 1 aliphatic heterocycles. The molecule has 1 aliphatic rings. The van der Waals surface area contributed by atoms with Gasteiger partial charge < -0.3 is 9.47 Å². The minimum absolute atomic E-state index is 0.0187. The van der Waals surface area contributed by atoms with Crippen molar-refractivity contribution in [2.45, 2.75) is 26.3 Å². The Morgan fingerprint density at radius 3 is 2.76 bits per heavy atom. The minimum atomic E-state index is -0.164. The zero-order chi connectivity index (χ0) is 15.2. The summed E-state index contributed by atoms with van der Waals surface area (Å²) in [6, 6.07) is 5.85. The standard InChI is InChI=1S/C16H22ClNO3/c1-3-21-16(19)11-15(18-6-8-20-9-7-18)14-5-4-13(17)10-12(14)2/h4-5,10,15H,3,6-9,11H2,1-2H3. The van der Waals surface area contributed by atoms with Crippen LogP contribution in [0.4, 0.5) is 0 Å². The molecule has 0 aliphatic carbocycles. The second kappa shape index (κ2) is 7.78. The molecule has 1 fully saturated rings. The summed E-state index contributed by atoms with van der Waals surface area (Å²) < 4.78 is 10.5. The molecule has 21 heavy (non-hydrogen) atoms. The second-order valence-electron chi connectivity index (χ2n) is 5.17. The molecule has 1 unspecified atom stereocenters. The number of rotatable bonds is 5. The van der Waals surface area contributed by atoms with E-state index in [1.165, 1.54) is 0 Å². The molecule has 5 heteroatoms. The number of aryl methyl sites for hydroxylation is 1. The molecule has 0 radical (unpaired) electrons. The van der Waals surface area contributed by atoms with Crippen molar-refractivity contribution < 1.29 is 14.3 Å². The predicted octanol–water partition coefficient (Wildman–Crippen LogP) is 2.97. The maximum atomic E-state index is 11.9. The van der Waals surface area contributed by atoms with Crippen molar-refractivity contribution in [2.24, 2.45) is 0 Å². The van der Waals surface area contributed by atoms with E-state index in [9.17, 15) is 4.79 Å². The van der Waals surface area contributed by atoms with Crippen LogP contribution >= 0.6 is 11.6 Å². The lowest BCUT2D eigenvalue weighted by Crippen LogP contribution is -2.40. The van der Waals surface area contributed by atoms with Crippen LogP contribution in [0.15, 0.2) is 18.2 Å². The number of halogens is 1. The van der Waals surface area contributed by atoms with Crippen molar-refractivity contribution in [1.29, 1.82) is 0 Å². The SMILES string of the molecule is CCOC(=O)CC(c1ccc(Cl)cc1C)N1CCOCC1. The first-order valence-electron chi connectivity index (χ1n) is 7.35. The Morgan fingerprint density at radius 1 is 1.43 bits per heavy atom. The van der Waals surface area contributed by atoms with Gasteiger partial charge in [0.1, 0.15) is 0 Å². The molecule has 0 bridgehead atoms. The Balaban J connectivity index is 2.23. The van der Waals surface area contributed by atoms with Gasteiger partial charge in [-0.15, -0.1) is 0 Å². The van der Waals surface area contributed by atoms with Crippen LogP contribution < -0.4 is 0 Å². The molecule has 0 aromatic heterocycles. The van der Waals surface area contributed by atoms with Gasteiger partial charge in [0, 0.05) is 24.2 Å². The summed E-state index contributed by atoms with van der Waals surface area (Å²) in [4.78, 5) is 14.2. The van der Waals surface area contributed by atoms with Crippen LogP contribution in [0, 0.1) is 6.92 Å². The van der Waals surface area contributed by atoms with Crippen molar-refractivity contribution in [3.8, 4) is 0 Å². The van der Waals surface area contributed by atoms with Crippen LogP contribution in [0.5, 0.6) is 0 Å². The van der Waals surface area contributed by atoms with E-state index in [4.69, 9.17) is 21.1 Å². The molecule has 0 N–H and O–H groups in total. The zero-order valence-corrected chi connectivity index (χ0v) is 13.4. The fourth-order valence-corrected chi connectivity index (χ4v) is 2.94. The van der Waals surface area contributed by atoms with Gasteiger partial charge in [-0.25, -0.2) is 0 Å². The molecule has 116 valence electrons. The minimum Gasteiger partial charge on any atom is -0.466 e. The molecular formula is C16H22ClNO3. The largest absolute Gasteiger partial charge is 0.466 e. The van der Waals surface area contributed by atoms with Crippen LogP contribution in [-0.2, 0) is 14.3 Å². The van der Waals surface area contributed by atoms with Crippen molar-refractivity contribution in [2.75, 3.05) is 32.9 Å². The molecule has 0 saturated carbocycles. The van der Waals surface area contributed by atoms with Gasteiger partial charge in [-0.05, 0) is 37.1 Å². The first kappa shape index (κ1) is 16.3. The number of ether oxygens (including phenoxy) is 2. The number of morpholine rings is 1. The average Bonchev–Trinajstić information content (AvgIpc) is 2.47. The van der Waals surface area contributed by atoms with E-state index in [-0.39, 0.29) is 12.0 Å². The normalized spacial score (nSPS) is 17.5. The highest BCUT2D eigenvalue weighted by atomic mass is 35.5. The smallest absolute Gasteiger partial charge is 0.307 e. The Hall–Kier alpha value is -1.10. The number of carbonyl (C=O) groups is 1. The van der Waals surface area contributed by atoms with Crippen LogP contribution in [0.25, 0.3) is 0 Å². The topological polar surface area (TPSA) is 38.8 Å². The lowest BCUT2D eigenvalue weighted by Gasteiger charge is -2.35. The van der Waals surface area contributed by atoms with Crippen LogP contribution in [0.1, 0.15) is 30.5 Å². The first-order chi connectivity index (χ1) is 10.1. The van der Waals surface area contributed by atoms with Gasteiger partial charge in [0.05, 0.1) is 26.2 Å². The van der Waals surface area contributed by atoms with Gasteiger partial charge in [-0.1, -0.05) is 17.7 Å². The van der Waals surface area contributed by atoms with E-state index in [2.05, 4.69) is 4.90 Å². The van der Waals surface area contributed by atoms with E-state index in [1.54, 1.807) is 0 Å². The van der Waals surface area contributed by atoms with Gasteiger partial charge in [0.15, 0.2) is 0 Å². The number of hydrogen-bond donors (Lipinski definition) is 0. The molecular weight excluding hydrogens is 290 g/mol. The number of hydrogen-bond acceptors (Lipinski definition) is 4. The number of esters is 1. The van der Waals surface area contributed by atoms with E-state index in [0.717, 1.165) is 24.2 Å². The third-order valence-corrected chi connectivity index (χ3v) is 3.98. The first-order valence-corrected chi connectivity index (χ1v) is 7.73. The monoisotopic (exact) mass is 311 g/mol. The Labute approximate surface area is 131 Å². The maximum Gasteiger partial charge on any atom is 0.307 e. The summed E-state index contributed by atoms with van der Waals surface area (Å²) in [7, 11) is 0. The van der Waals surface area contributed by atoms with Gasteiger partial charge in [-0.3, -0.25) is 9.69 Å². The molecule has 4 nitrogen and oxygen atoms in total. The summed E-state index contributed by atoms with van der Waals surface area (Å²) >= 11 is 6.04. The van der Waals surface area contributed by atoms with E-state index >= 15 is 0 Å². The van der Waals surface area contributed by atoms with E-state index < -0.39 is 0 Å². The average molecular weight is 312 g/mol. The van der Waals surface area contributed by atoms with E-state index in [1.807, 2.05) is 32.0 Å². The Bertz CT molecular complexity index is 486. The molecule has 2 rings (SSSR count). The van der Waals surface area contributed by atoms with Crippen molar-refractivity contribution in [3.63, 3.8) is 0 Å². The lowest BCUT2D eigenvalue weighted by molar-refractivity contribution is -0.145. The van der Waals surface area contributed by atoms with Gasteiger partial charge in [-0.2, -0.15) is 0 Å². The molecule has 1 aromatic rings. The van der Waals surface area contributed by atoms with Crippen molar-refractivity contribution >= 4 is 17.6 Å². The zero-order valence-electron chi connectivity index (χ0n) is 12.6. The molecule has 0 spiro atoms. The van der Waals surface area contributed by atoms with Crippen LogP contribution in [-0.4, -0.2) is 43.8 Å². The summed E-state index contributed by atoms with van der Waals surface area (Å²) in [5, 5.41) is 0.716. The lowest BCUT2D eigenvalue weighted by atomic mass is 9.97. The molecule has 1 saturated heterocycles. The molecule has 1 heterocycles. The Morgan fingerprint density at radius 2 is 2.14 bits per heavy atom. The van der Waals surface area contributed by atoms with Crippen LogP contribution in [0.2, 0.25) is 5.02 Å². The van der Waals surface area contributed by atoms with Gasteiger partial charge in [0.2, 0.25) is 0 Å². The fraction of sp³-hybridized carbons (Fsp3) is 0.562. The Kier molecular flexibility index (Phi) is 6.03. The number of carbonyl (C=O) groups excluding carboxylic acids is 1. The van der Waals surface area contributed by atoms with Crippen LogP contribution in [0.3, 0.4) is 0 Å². The van der Waals surface area contributed by atoms with Gasteiger partial charge in [0.25, 0.3) is 0 Å². The number of benzene rings is 1. The maximum absolute atomic E-state index is 11.9. The molecule has 0 amide bonds. The highest BCUT2D eigenvalue weighted by Crippen LogP contribution is 2.29. The van der Waals surface area contributed by atoms with Crippen molar-refractivity contribution in [3.05, 3.63) is 34.3 Å². The second-order valence-corrected chi connectivity index (χ2v) is 5.61. The molecule has 1 atom stereocenters.